The largest absolute Gasteiger partial charge is 0.492 e. The van der Waals surface area contributed by atoms with Gasteiger partial charge in [-0.3, -0.25) is 9.69 Å². The fourth-order valence-electron chi connectivity index (χ4n) is 4.29. The van der Waals surface area contributed by atoms with Crippen molar-refractivity contribution in [2.24, 2.45) is 0 Å². The van der Waals surface area contributed by atoms with E-state index in [0.717, 1.165) is 49.8 Å². The van der Waals surface area contributed by atoms with Crippen LogP contribution in [0.2, 0.25) is 0 Å². The summed E-state index contributed by atoms with van der Waals surface area (Å²) in [6, 6.07) is 16.6. The highest BCUT2D eigenvalue weighted by Gasteiger charge is 2.24. The number of hydrogen-bond acceptors (Lipinski definition) is 5. The number of benzene rings is 2. The van der Waals surface area contributed by atoms with E-state index < -0.39 is 0 Å². The summed E-state index contributed by atoms with van der Waals surface area (Å²) in [7, 11) is 0. The van der Waals surface area contributed by atoms with Gasteiger partial charge in [-0.2, -0.15) is 0 Å². The minimum Gasteiger partial charge on any atom is -0.492 e. The van der Waals surface area contributed by atoms with Crippen LogP contribution in [-0.4, -0.2) is 56.6 Å². The number of carbonyl (C=O) groups is 1. The second-order valence-electron chi connectivity index (χ2n) is 7.99. The summed E-state index contributed by atoms with van der Waals surface area (Å²) in [5.41, 5.74) is 3.14. The SMILES string of the molecule is CC(=O)c1ccc(N2CCNC(c3ccccc3OCCN3CCCC3)C2)cc1. The maximum absolute atomic E-state index is 11.5. The Morgan fingerprint density at radius 3 is 2.59 bits per heavy atom. The first kappa shape index (κ1) is 19.9. The number of Topliss-reactive ketones (excluding diaryl/α,β-unsaturated/α-hetero) is 1. The van der Waals surface area contributed by atoms with Gasteiger partial charge in [0.1, 0.15) is 12.4 Å². The van der Waals surface area contributed by atoms with Gasteiger partial charge in [0.25, 0.3) is 0 Å². The van der Waals surface area contributed by atoms with E-state index in [9.17, 15) is 4.79 Å². The number of anilines is 1. The predicted molar refractivity (Wildman–Crippen MR) is 117 cm³/mol. The number of nitrogens with zero attached hydrogens (tertiary/aromatic N) is 2. The Labute approximate surface area is 173 Å². The van der Waals surface area contributed by atoms with E-state index in [1.807, 2.05) is 12.1 Å². The number of likely N-dealkylation sites (tertiary alicyclic amines) is 1. The summed E-state index contributed by atoms with van der Waals surface area (Å²) in [6.07, 6.45) is 2.62. The third kappa shape index (κ3) is 4.98. The van der Waals surface area contributed by atoms with Gasteiger partial charge in [0.2, 0.25) is 0 Å². The van der Waals surface area contributed by atoms with Gasteiger partial charge in [-0.25, -0.2) is 0 Å². The molecule has 1 unspecified atom stereocenters. The molecule has 2 heterocycles. The molecule has 5 nitrogen and oxygen atoms in total. The fraction of sp³-hybridized carbons (Fsp3) is 0.458. The molecular weight excluding hydrogens is 362 g/mol. The number of ether oxygens (including phenoxy) is 1. The minimum atomic E-state index is 0.106. The van der Waals surface area contributed by atoms with Gasteiger partial charge >= 0.3 is 0 Å². The monoisotopic (exact) mass is 393 g/mol. The first-order chi connectivity index (χ1) is 14.2. The van der Waals surface area contributed by atoms with Crippen molar-refractivity contribution < 1.29 is 9.53 Å². The molecule has 0 bridgehead atoms. The molecule has 0 aromatic heterocycles. The van der Waals surface area contributed by atoms with Crippen LogP contribution in [-0.2, 0) is 0 Å². The van der Waals surface area contributed by atoms with Gasteiger partial charge in [0.05, 0.1) is 6.04 Å². The Morgan fingerprint density at radius 2 is 1.83 bits per heavy atom. The number of carbonyl (C=O) groups excluding carboxylic acids is 1. The molecule has 0 aliphatic carbocycles. The van der Waals surface area contributed by atoms with Gasteiger partial charge in [-0.1, -0.05) is 18.2 Å². The summed E-state index contributed by atoms with van der Waals surface area (Å²) >= 11 is 0. The first-order valence-corrected chi connectivity index (χ1v) is 10.7. The Hall–Kier alpha value is -2.37. The summed E-state index contributed by atoms with van der Waals surface area (Å²) in [5, 5.41) is 3.65. The molecule has 2 aliphatic rings. The maximum atomic E-state index is 11.5. The van der Waals surface area contributed by atoms with Crippen molar-refractivity contribution in [2.75, 3.05) is 50.8 Å². The van der Waals surface area contributed by atoms with E-state index in [1.165, 1.54) is 31.5 Å². The van der Waals surface area contributed by atoms with Crippen LogP contribution in [0, 0.1) is 0 Å². The zero-order valence-electron chi connectivity index (χ0n) is 17.3. The van der Waals surface area contributed by atoms with Crippen molar-refractivity contribution >= 4 is 11.5 Å². The fourth-order valence-corrected chi connectivity index (χ4v) is 4.29. The van der Waals surface area contributed by atoms with Crippen molar-refractivity contribution in [3.05, 3.63) is 59.7 Å². The van der Waals surface area contributed by atoms with Gasteiger partial charge in [-0.05, 0) is 63.2 Å². The van der Waals surface area contributed by atoms with Gasteiger partial charge in [0.15, 0.2) is 5.78 Å². The number of piperazine rings is 1. The summed E-state index contributed by atoms with van der Waals surface area (Å²) < 4.78 is 6.20. The summed E-state index contributed by atoms with van der Waals surface area (Å²) in [5.74, 6) is 1.09. The molecule has 2 aromatic rings. The molecule has 0 radical (unpaired) electrons. The van der Waals surface area contributed by atoms with E-state index in [0.29, 0.717) is 0 Å². The average Bonchev–Trinajstić information content (AvgIpc) is 3.28. The van der Waals surface area contributed by atoms with Crippen molar-refractivity contribution in [3.63, 3.8) is 0 Å². The number of nitrogens with one attached hydrogen (secondary N) is 1. The number of hydrogen-bond donors (Lipinski definition) is 1. The van der Waals surface area contributed by atoms with Crippen molar-refractivity contribution in [3.8, 4) is 5.75 Å². The maximum Gasteiger partial charge on any atom is 0.159 e. The Bertz CT molecular complexity index is 815. The van der Waals surface area contributed by atoms with Crippen molar-refractivity contribution in [1.82, 2.24) is 10.2 Å². The van der Waals surface area contributed by atoms with Crippen LogP contribution in [0.5, 0.6) is 5.75 Å². The first-order valence-electron chi connectivity index (χ1n) is 10.7. The molecule has 2 saturated heterocycles. The van der Waals surface area contributed by atoms with Crippen LogP contribution < -0.4 is 15.0 Å². The molecule has 154 valence electrons. The Balaban J connectivity index is 1.41. The Kier molecular flexibility index (Phi) is 6.47. The molecule has 0 spiro atoms. The zero-order chi connectivity index (χ0) is 20.1. The van der Waals surface area contributed by atoms with Crippen LogP contribution in [0.3, 0.4) is 0 Å². The quantitative estimate of drug-likeness (QED) is 0.730. The lowest BCUT2D eigenvalue weighted by Gasteiger charge is -2.36. The second kappa shape index (κ2) is 9.42. The van der Waals surface area contributed by atoms with E-state index in [-0.39, 0.29) is 11.8 Å². The standard InChI is InChI=1S/C24H31N3O2/c1-19(28)20-8-10-21(11-9-20)27-15-12-25-23(18-27)22-6-2-3-7-24(22)29-17-16-26-13-4-5-14-26/h2-3,6-11,23,25H,4-5,12-18H2,1H3. The van der Waals surface area contributed by atoms with E-state index in [1.54, 1.807) is 6.92 Å². The smallest absolute Gasteiger partial charge is 0.159 e. The van der Waals surface area contributed by atoms with E-state index >= 15 is 0 Å². The van der Waals surface area contributed by atoms with Crippen molar-refractivity contribution in [1.29, 1.82) is 0 Å². The Morgan fingerprint density at radius 1 is 1.07 bits per heavy atom. The van der Waals surface area contributed by atoms with Gasteiger partial charge in [-0.15, -0.1) is 0 Å². The lowest BCUT2D eigenvalue weighted by atomic mass is 10.0. The number of rotatable bonds is 7. The molecule has 2 fully saturated rings. The van der Waals surface area contributed by atoms with Crippen molar-refractivity contribution in [2.45, 2.75) is 25.8 Å². The molecule has 4 rings (SSSR count). The normalized spacial score (nSPS) is 20.0. The van der Waals surface area contributed by atoms with E-state index in [2.05, 4.69) is 51.5 Å². The third-order valence-electron chi connectivity index (χ3n) is 5.97. The number of ketones is 1. The van der Waals surface area contributed by atoms with Crippen LogP contribution in [0.4, 0.5) is 5.69 Å². The van der Waals surface area contributed by atoms with E-state index in [4.69, 9.17) is 4.74 Å². The summed E-state index contributed by atoms with van der Waals surface area (Å²) in [4.78, 5) is 16.4. The topological polar surface area (TPSA) is 44.8 Å². The molecule has 0 amide bonds. The molecule has 1 atom stereocenters. The average molecular weight is 394 g/mol. The lowest BCUT2D eigenvalue weighted by molar-refractivity contribution is 0.101. The van der Waals surface area contributed by atoms with Crippen LogP contribution in [0.25, 0.3) is 0 Å². The predicted octanol–water partition coefficient (Wildman–Crippen LogP) is 3.51. The molecule has 2 aromatic carbocycles. The molecular formula is C24H31N3O2. The highest BCUT2D eigenvalue weighted by molar-refractivity contribution is 5.94. The van der Waals surface area contributed by atoms with Crippen LogP contribution in [0.1, 0.15) is 41.7 Å². The molecule has 5 heteroatoms. The third-order valence-corrected chi connectivity index (χ3v) is 5.97. The molecule has 1 N–H and O–H groups in total. The van der Waals surface area contributed by atoms with Crippen LogP contribution in [0.15, 0.2) is 48.5 Å². The van der Waals surface area contributed by atoms with Gasteiger partial charge in [0, 0.05) is 43.0 Å². The van der Waals surface area contributed by atoms with Crippen LogP contribution >= 0.6 is 0 Å². The highest BCUT2D eigenvalue weighted by Crippen LogP contribution is 2.29. The number of para-hydroxylation sites is 1. The zero-order valence-corrected chi connectivity index (χ0v) is 17.3. The second-order valence-corrected chi connectivity index (χ2v) is 7.99. The van der Waals surface area contributed by atoms with Gasteiger partial charge < -0.3 is 15.0 Å². The molecule has 29 heavy (non-hydrogen) atoms. The summed E-state index contributed by atoms with van der Waals surface area (Å²) in [6.45, 7) is 8.50. The molecule has 2 aliphatic heterocycles. The molecule has 0 saturated carbocycles. The lowest BCUT2D eigenvalue weighted by Crippen LogP contribution is -2.46. The minimum absolute atomic E-state index is 0.106. The highest BCUT2D eigenvalue weighted by atomic mass is 16.5.